The molecule has 2 atom stereocenters. The van der Waals surface area contributed by atoms with E-state index in [1.54, 1.807) is 6.08 Å². The molecule has 0 radical (unpaired) electrons. The number of amides is 1. The van der Waals surface area contributed by atoms with Crippen LogP contribution in [0.15, 0.2) is 60.8 Å². The molecule has 0 aromatic heterocycles. The summed E-state index contributed by atoms with van der Waals surface area (Å²) in [6.07, 6.45) is 74.1. The molecular weight excluding hydrogens is 747 g/mol. The number of hydrogen-bond donors (Lipinski definition) is 3. The molecule has 0 aliphatic heterocycles. The third-order valence-electron chi connectivity index (χ3n) is 12.2. The number of hydrogen-bond acceptors (Lipinski definition) is 3. The van der Waals surface area contributed by atoms with Crippen molar-refractivity contribution in [3.05, 3.63) is 60.8 Å². The number of nitrogens with one attached hydrogen (secondary N) is 1. The van der Waals surface area contributed by atoms with Gasteiger partial charge in [-0.1, -0.05) is 261 Å². The van der Waals surface area contributed by atoms with Gasteiger partial charge in [0.05, 0.1) is 18.8 Å². The van der Waals surface area contributed by atoms with Crippen LogP contribution in [0.5, 0.6) is 0 Å². The van der Waals surface area contributed by atoms with E-state index in [2.05, 4.69) is 67.8 Å². The molecule has 4 heteroatoms. The molecule has 0 rings (SSSR count). The van der Waals surface area contributed by atoms with E-state index in [-0.39, 0.29) is 12.5 Å². The van der Waals surface area contributed by atoms with Crippen molar-refractivity contribution >= 4 is 5.91 Å². The summed E-state index contributed by atoms with van der Waals surface area (Å²) in [7, 11) is 0. The minimum atomic E-state index is -0.869. The predicted molar refractivity (Wildman–Crippen MR) is 271 cm³/mol. The van der Waals surface area contributed by atoms with Crippen molar-refractivity contribution < 1.29 is 15.0 Å². The monoisotopic (exact) mass is 852 g/mol. The van der Waals surface area contributed by atoms with Crippen LogP contribution in [0.4, 0.5) is 0 Å². The summed E-state index contributed by atoms with van der Waals surface area (Å²) in [4.78, 5) is 12.4. The molecule has 61 heavy (non-hydrogen) atoms. The van der Waals surface area contributed by atoms with Crippen LogP contribution in [0.25, 0.3) is 0 Å². The lowest BCUT2D eigenvalue weighted by molar-refractivity contribution is -0.123. The van der Waals surface area contributed by atoms with Crippen LogP contribution in [-0.4, -0.2) is 34.9 Å². The maximum Gasteiger partial charge on any atom is 0.220 e. The summed E-state index contributed by atoms with van der Waals surface area (Å²) < 4.78 is 0. The predicted octanol–water partition coefficient (Wildman–Crippen LogP) is 17.6. The molecule has 0 bridgehead atoms. The zero-order chi connectivity index (χ0) is 44.2. The Hall–Kier alpha value is -1.91. The number of rotatable bonds is 49. The van der Waals surface area contributed by atoms with Gasteiger partial charge in [0.25, 0.3) is 0 Å². The van der Waals surface area contributed by atoms with E-state index in [4.69, 9.17) is 0 Å². The molecule has 0 saturated heterocycles. The second-order valence-corrected chi connectivity index (χ2v) is 18.2. The van der Waals surface area contributed by atoms with E-state index in [1.165, 1.54) is 205 Å². The van der Waals surface area contributed by atoms with E-state index < -0.39 is 12.1 Å². The smallest absolute Gasteiger partial charge is 0.220 e. The number of aliphatic hydroxyl groups excluding tert-OH is 2. The lowest BCUT2D eigenvalue weighted by Crippen LogP contribution is -2.45. The van der Waals surface area contributed by atoms with Gasteiger partial charge in [0.1, 0.15) is 0 Å². The number of unbranched alkanes of at least 4 members (excludes halogenated alkanes) is 34. The molecule has 0 saturated carbocycles. The van der Waals surface area contributed by atoms with Gasteiger partial charge in [0.15, 0.2) is 0 Å². The molecular formula is C57H105NO3. The Kier molecular flexibility index (Phi) is 50.8. The average Bonchev–Trinajstić information content (AvgIpc) is 3.26. The van der Waals surface area contributed by atoms with Crippen molar-refractivity contribution in [3.63, 3.8) is 0 Å². The standard InChI is InChI=1S/C57H105NO3/c1-3-5-7-9-11-13-15-16-17-18-19-20-21-22-23-24-25-26-27-28-29-30-31-32-33-34-35-36-37-38-39-40-41-42-43-45-47-49-51-53-57(61)58-55(54-59)56(60)52-50-48-46-44-14-12-10-8-6-4-2/h6,8,14,25-26,28-29,44,50,52,55-56,59-60H,3-5,7,9-13,15-24,27,30-43,45-49,51,53-54H2,1-2H3,(H,58,61)/b8-6+,26-25-,29-28-,44-14+,52-50+. The summed E-state index contributed by atoms with van der Waals surface area (Å²) in [5.41, 5.74) is 0. The maximum absolute atomic E-state index is 12.4. The third-order valence-corrected chi connectivity index (χ3v) is 12.2. The van der Waals surface area contributed by atoms with Crippen LogP contribution in [0.3, 0.4) is 0 Å². The molecule has 0 spiro atoms. The van der Waals surface area contributed by atoms with Gasteiger partial charge in [-0.25, -0.2) is 0 Å². The molecule has 356 valence electrons. The molecule has 0 fully saturated rings. The highest BCUT2D eigenvalue weighted by molar-refractivity contribution is 5.76. The molecule has 0 aromatic rings. The van der Waals surface area contributed by atoms with Crippen LogP contribution >= 0.6 is 0 Å². The van der Waals surface area contributed by atoms with Crippen LogP contribution < -0.4 is 5.32 Å². The zero-order valence-electron chi connectivity index (χ0n) is 40.9. The topological polar surface area (TPSA) is 69.6 Å². The molecule has 0 heterocycles. The lowest BCUT2D eigenvalue weighted by atomic mass is 10.0. The van der Waals surface area contributed by atoms with Gasteiger partial charge in [-0.2, -0.15) is 0 Å². The fourth-order valence-electron chi connectivity index (χ4n) is 8.13. The first kappa shape index (κ1) is 59.1. The van der Waals surface area contributed by atoms with Gasteiger partial charge >= 0.3 is 0 Å². The Bertz CT molecular complexity index is 1010. The van der Waals surface area contributed by atoms with E-state index in [0.717, 1.165) is 51.4 Å². The van der Waals surface area contributed by atoms with Gasteiger partial charge < -0.3 is 15.5 Å². The molecule has 0 aliphatic carbocycles. The number of allylic oxidation sites excluding steroid dienone is 9. The van der Waals surface area contributed by atoms with Crippen LogP contribution in [0.1, 0.15) is 277 Å². The van der Waals surface area contributed by atoms with E-state index in [0.29, 0.717) is 6.42 Å². The van der Waals surface area contributed by atoms with Gasteiger partial charge in [0, 0.05) is 6.42 Å². The highest BCUT2D eigenvalue weighted by atomic mass is 16.3. The van der Waals surface area contributed by atoms with Gasteiger partial charge in [0.2, 0.25) is 5.91 Å². The second kappa shape index (κ2) is 52.4. The molecule has 2 unspecified atom stereocenters. The summed E-state index contributed by atoms with van der Waals surface area (Å²) in [6, 6.07) is -0.645. The molecule has 1 amide bonds. The first-order valence-corrected chi connectivity index (χ1v) is 27.0. The first-order chi connectivity index (χ1) is 30.2. The summed E-state index contributed by atoms with van der Waals surface area (Å²) in [5, 5.41) is 22.9. The van der Waals surface area contributed by atoms with E-state index in [9.17, 15) is 15.0 Å². The Morgan fingerprint density at radius 2 is 0.738 bits per heavy atom. The van der Waals surface area contributed by atoms with Crippen LogP contribution in [0.2, 0.25) is 0 Å². The highest BCUT2D eigenvalue weighted by Crippen LogP contribution is 2.16. The summed E-state index contributed by atoms with van der Waals surface area (Å²) >= 11 is 0. The normalized spacial score (nSPS) is 13.3. The van der Waals surface area contributed by atoms with Gasteiger partial charge in [-0.3, -0.25) is 4.79 Å². The molecule has 3 N–H and O–H groups in total. The Morgan fingerprint density at radius 1 is 0.410 bits per heavy atom. The summed E-state index contributed by atoms with van der Waals surface area (Å²) in [6.45, 7) is 4.18. The van der Waals surface area contributed by atoms with Crippen molar-refractivity contribution in [2.45, 2.75) is 289 Å². The fourth-order valence-corrected chi connectivity index (χ4v) is 8.13. The van der Waals surface area contributed by atoms with Crippen molar-refractivity contribution in [3.8, 4) is 0 Å². The largest absolute Gasteiger partial charge is 0.394 e. The van der Waals surface area contributed by atoms with Crippen molar-refractivity contribution in [1.82, 2.24) is 5.32 Å². The number of aliphatic hydroxyl groups is 2. The van der Waals surface area contributed by atoms with Gasteiger partial charge in [-0.15, -0.1) is 0 Å². The number of carbonyl (C=O) groups excluding carboxylic acids is 1. The zero-order valence-corrected chi connectivity index (χ0v) is 40.9. The molecule has 4 nitrogen and oxygen atoms in total. The Labute approximate surface area is 381 Å². The Balaban J connectivity index is 3.41. The quantitative estimate of drug-likeness (QED) is 0.0422. The number of carbonyl (C=O) groups is 1. The average molecular weight is 852 g/mol. The van der Waals surface area contributed by atoms with Gasteiger partial charge in [-0.05, 0) is 70.6 Å². The van der Waals surface area contributed by atoms with Crippen LogP contribution in [0, 0.1) is 0 Å². The SMILES string of the molecule is CC/C=C/CC/C=C/CC/C=C/C(O)C(CO)NC(=O)CCCCCCCCCCCCCCCCCCC/C=C\C/C=C\CCCCCCCCCCCCCCCCC. The maximum atomic E-state index is 12.4. The fraction of sp³-hybridized carbons (Fsp3) is 0.807. The lowest BCUT2D eigenvalue weighted by Gasteiger charge is -2.19. The van der Waals surface area contributed by atoms with E-state index in [1.807, 2.05) is 6.08 Å². The van der Waals surface area contributed by atoms with Crippen molar-refractivity contribution in [1.29, 1.82) is 0 Å². The first-order valence-electron chi connectivity index (χ1n) is 27.0. The Morgan fingerprint density at radius 3 is 1.11 bits per heavy atom. The summed E-state index contributed by atoms with van der Waals surface area (Å²) in [5.74, 6) is -0.0797. The highest BCUT2D eigenvalue weighted by Gasteiger charge is 2.17. The second-order valence-electron chi connectivity index (χ2n) is 18.2. The minimum absolute atomic E-state index is 0.0797. The van der Waals surface area contributed by atoms with Crippen molar-refractivity contribution in [2.24, 2.45) is 0 Å². The minimum Gasteiger partial charge on any atom is -0.394 e. The van der Waals surface area contributed by atoms with Crippen molar-refractivity contribution in [2.75, 3.05) is 6.61 Å². The van der Waals surface area contributed by atoms with Crippen LogP contribution in [-0.2, 0) is 4.79 Å². The van der Waals surface area contributed by atoms with E-state index >= 15 is 0 Å². The molecule has 0 aromatic carbocycles. The third kappa shape index (κ3) is 49.0. The molecule has 0 aliphatic rings.